The molecule has 0 fully saturated rings. The molecule has 0 amide bonds. The third-order valence-corrected chi connectivity index (χ3v) is 5.33. The smallest absolute Gasteiger partial charge is 0.363 e. The first-order valence-corrected chi connectivity index (χ1v) is 11.7. The van der Waals surface area contributed by atoms with E-state index in [1.807, 2.05) is 60.7 Å². The summed E-state index contributed by atoms with van der Waals surface area (Å²) < 4.78 is 11.2. The number of carbonyl (C=O) groups is 1. The number of allylic oxidation sites excluding steroid dienone is 2. The summed E-state index contributed by atoms with van der Waals surface area (Å²) in [4.78, 5) is 16.4. The average molecular weight is 432 g/mol. The lowest BCUT2D eigenvalue weighted by Crippen LogP contribution is -2.05. The van der Waals surface area contributed by atoms with Crippen molar-refractivity contribution in [3.63, 3.8) is 0 Å². The lowest BCUT2D eigenvalue weighted by Gasteiger charge is -2.07. The molecule has 0 N–H and O–H groups in total. The molecule has 2 aromatic rings. The number of ether oxygens (including phenoxy) is 2. The van der Waals surface area contributed by atoms with Gasteiger partial charge in [-0.15, -0.1) is 0 Å². The Morgan fingerprint density at radius 2 is 1.56 bits per heavy atom. The standard InChI is InChI=1S/C28H33NO3/c1-2-3-4-5-6-7-8-12-22-31-25-20-18-24(19-21-25)27-29-26(28(30)32-27)17-13-16-23-14-10-9-11-15-23/h9-11,13-21H,2-8,12,22H2,1H3. The van der Waals surface area contributed by atoms with Crippen LogP contribution in [0.2, 0.25) is 0 Å². The van der Waals surface area contributed by atoms with Crippen LogP contribution in [0.15, 0.2) is 77.4 Å². The second-order valence-electron chi connectivity index (χ2n) is 7.98. The first-order valence-electron chi connectivity index (χ1n) is 11.7. The number of esters is 1. The first kappa shape index (κ1) is 23.5. The minimum absolute atomic E-state index is 0.294. The fourth-order valence-electron chi connectivity index (χ4n) is 3.48. The average Bonchev–Trinajstić information content (AvgIpc) is 3.19. The Morgan fingerprint density at radius 3 is 2.28 bits per heavy atom. The van der Waals surface area contributed by atoms with Crippen molar-refractivity contribution in [1.82, 2.24) is 0 Å². The van der Waals surface area contributed by atoms with E-state index < -0.39 is 5.97 Å². The number of rotatable bonds is 13. The molecule has 32 heavy (non-hydrogen) atoms. The molecular weight excluding hydrogens is 398 g/mol. The van der Waals surface area contributed by atoms with Crippen molar-refractivity contribution in [2.24, 2.45) is 4.99 Å². The van der Waals surface area contributed by atoms with Crippen LogP contribution in [-0.4, -0.2) is 18.5 Å². The predicted octanol–water partition coefficient (Wildman–Crippen LogP) is 7.11. The Kier molecular flexibility index (Phi) is 9.78. The van der Waals surface area contributed by atoms with E-state index in [-0.39, 0.29) is 0 Å². The van der Waals surface area contributed by atoms with Crippen LogP contribution in [-0.2, 0) is 9.53 Å². The molecule has 0 saturated heterocycles. The van der Waals surface area contributed by atoms with E-state index in [1.165, 1.54) is 44.9 Å². The number of hydrogen-bond acceptors (Lipinski definition) is 4. The second kappa shape index (κ2) is 13.3. The second-order valence-corrected chi connectivity index (χ2v) is 7.98. The summed E-state index contributed by atoms with van der Waals surface area (Å²) >= 11 is 0. The van der Waals surface area contributed by atoms with Crippen LogP contribution in [0, 0.1) is 0 Å². The number of nitrogens with zero attached hydrogens (tertiary/aromatic N) is 1. The summed E-state index contributed by atoms with van der Waals surface area (Å²) in [6, 6.07) is 17.4. The molecule has 4 nitrogen and oxygen atoms in total. The Bertz CT molecular complexity index is 927. The molecule has 0 saturated carbocycles. The summed E-state index contributed by atoms with van der Waals surface area (Å²) in [5.74, 6) is 0.708. The summed E-state index contributed by atoms with van der Waals surface area (Å²) in [5, 5.41) is 0. The zero-order valence-corrected chi connectivity index (χ0v) is 19.0. The minimum atomic E-state index is -0.437. The Balaban J connectivity index is 1.43. The summed E-state index contributed by atoms with van der Waals surface area (Å²) in [7, 11) is 0. The zero-order chi connectivity index (χ0) is 22.4. The fourth-order valence-corrected chi connectivity index (χ4v) is 3.48. The predicted molar refractivity (Wildman–Crippen MR) is 131 cm³/mol. The van der Waals surface area contributed by atoms with Crippen molar-refractivity contribution in [2.75, 3.05) is 6.61 Å². The van der Waals surface area contributed by atoms with Gasteiger partial charge in [-0.25, -0.2) is 9.79 Å². The lowest BCUT2D eigenvalue weighted by atomic mass is 10.1. The molecule has 0 unspecified atom stereocenters. The highest BCUT2D eigenvalue weighted by Gasteiger charge is 2.23. The molecule has 0 atom stereocenters. The molecule has 1 heterocycles. The first-order chi connectivity index (χ1) is 15.8. The number of aliphatic imine (C=N–C) groups is 1. The molecule has 3 rings (SSSR count). The number of benzene rings is 2. The monoisotopic (exact) mass is 431 g/mol. The van der Waals surface area contributed by atoms with Crippen LogP contribution in [0.3, 0.4) is 0 Å². The van der Waals surface area contributed by atoms with E-state index >= 15 is 0 Å². The van der Waals surface area contributed by atoms with Crippen LogP contribution < -0.4 is 4.74 Å². The van der Waals surface area contributed by atoms with Crippen molar-refractivity contribution in [2.45, 2.75) is 58.3 Å². The number of cyclic esters (lactones) is 1. The van der Waals surface area contributed by atoms with Crippen molar-refractivity contribution in [3.8, 4) is 5.75 Å². The van der Waals surface area contributed by atoms with Gasteiger partial charge in [0.2, 0.25) is 5.90 Å². The third-order valence-electron chi connectivity index (χ3n) is 5.33. The van der Waals surface area contributed by atoms with E-state index in [9.17, 15) is 4.79 Å². The largest absolute Gasteiger partial charge is 0.494 e. The third kappa shape index (κ3) is 7.84. The molecule has 2 aromatic carbocycles. The SMILES string of the molecule is CCCCCCCCCCOc1ccc(C2=NC(=CC=Cc3ccccc3)C(=O)O2)cc1. The lowest BCUT2D eigenvalue weighted by molar-refractivity contribution is -0.130. The van der Waals surface area contributed by atoms with Crippen LogP contribution in [0.4, 0.5) is 0 Å². The van der Waals surface area contributed by atoms with Gasteiger partial charge in [-0.05, 0) is 42.3 Å². The normalized spacial score (nSPS) is 14.7. The van der Waals surface area contributed by atoms with Gasteiger partial charge in [-0.1, -0.05) is 94.4 Å². The maximum absolute atomic E-state index is 12.1. The molecule has 0 spiro atoms. The Labute approximate surface area is 191 Å². The molecule has 1 aliphatic heterocycles. The highest BCUT2D eigenvalue weighted by Crippen LogP contribution is 2.20. The summed E-state index contributed by atoms with van der Waals surface area (Å²) in [6.45, 7) is 2.97. The van der Waals surface area contributed by atoms with Gasteiger partial charge < -0.3 is 9.47 Å². The van der Waals surface area contributed by atoms with Gasteiger partial charge in [-0.2, -0.15) is 0 Å². The topological polar surface area (TPSA) is 47.9 Å². The van der Waals surface area contributed by atoms with Crippen molar-refractivity contribution in [3.05, 3.63) is 83.6 Å². The maximum atomic E-state index is 12.1. The zero-order valence-electron chi connectivity index (χ0n) is 19.0. The number of carbonyl (C=O) groups excluding carboxylic acids is 1. The van der Waals surface area contributed by atoms with E-state index in [0.29, 0.717) is 11.6 Å². The van der Waals surface area contributed by atoms with E-state index in [0.717, 1.165) is 29.9 Å². The molecular formula is C28H33NO3. The van der Waals surface area contributed by atoms with E-state index in [1.54, 1.807) is 12.2 Å². The van der Waals surface area contributed by atoms with Crippen LogP contribution in [0.1, 0.15) is 69.4 Å². The molecule has 0 radical (unpaired) electrons. The quantitative estimate of drug-likeness (QED) is 0.193. The van der Waals surface area contributed by atoms with Gasteiger partial charge in [0, 0.05) is 5.56 Å². The van der Waals surface area contributed by atoms with Crippen molar-refractivity contribution < 1.29 is 14.3 Å². The number of unbranched alkanes of at least 4 members (excludes halogenated alkanes) is 7. The molecule has 0 aliphatic carbocycles. The van der Waals surface area contributed by atoms with Crippen molar-refractivity contribution in [1.29, 1.82) is 0 Å². The maximum Gasteiger partial charge on any atom is 0.363 e. The van der Waals surface area contributed by atoms with Gasteiger partial charge in [0.05, 0.1) is 6.61 Å². The van der Waals surface area contributed by atoms with Gasteiger partial charge in [-0.3, -0.25) is 0 Å². The molecule has 0 bridgehead atoms. The van der Waals surface area contributed by atoms with Gasteiger partial charge >= 0.3 is 5.97 Å². The Morgan fingerprint density at radius 1 is 0.875 bits per heavy atom. The molecule has 1 aliphatic rings. The van der Waals surface area contributed by atoms with Gasteiger partial charge in [0.25, 0.3) is 0 Å². The highest BCUT2D eigenvalue weighted by atomic mass is 16.6. The van der Waals surface area contributed by atoms with E-state index in [2.05, 4.69) is 11.9 Å². The van der Waals surface area contributed by atoms with Crippen LogP contribution in [0.25, 0.3) is 6.08 Å². The molecule has 4 heteroatoms. The van der Waals surface area contributed by atoms with E-state index in [4.69, 9.17) is 9.47 Å². The van der Waals surface area contributed by atoms with Crippen LogP contribution in [0.5, 0.6) is 5.75 Å². The molecule has 168 valence electrons. The van der Waals surface area contributed by atoms with Gasteiger partial charge in [0.1, 0.15) is 5.75 Å². The molecule has 0 aromatic heterocycles. The highest BCUT2D eigenvalue weighted by molar-refractivity contribution is 6.11. The minimum Gasteiger partial charge on any atom is -0.494 e. The number of hydrogen-bond donors (Lipinski definition) is 0. The van der Waals surface area contributed by atoms with Gasteiger partial charge in [0.15, 0.2) is 5.70 Å². The Hall–Kier alpha value is -3.14. The summed E-state index contributed by atoms with van der Waals surface area (Å²) in [5.41, 5.74) is 2.11. The van der Waals surface area contributed by atoms with Crippen LogP contribution >= 0.6 is 0 Å². The van der Waals surface area contributed by atoms with Crippen molar-refractivity contribution >= 4 is 17.9 Å². The summed E-state index contributed by atoms with van der Waals surface area (Å²) in [6.07, 6.45) is 15.7. The fraction of sp³-hybridized carbons (Fsp3) is 0.357.